The van der Waals surface area contributed by atoms with Crippen LogP contribution in [0.4, 0.5) is 0 Å². The number of rotatable bonds is 3. The Morgan fingerprint density at radius 3 is 2.82 bits per heavy atom. The standard InChI is InChI=1S/C8H10O2S/c1-6-2-3-7(11-6)4-5-8(9)10/h2-3H,4-5H2,1H3,(H,9,10). The number of thiophene rings is 1. The largest absolute Gasteiger partial charge is 0.481 e. The molecule has 0 aromatic carbocycles. The van der Waals surface area contributed by atoms with Gasteiger partial charge in [0.25, 0.3) is 0 Å². The maximum absolute atomic E-state index is 10.2. The summed E-state index contributed by atoms with van der Waals surface area (Å²) in [5.74, 6) is -0.726. The monoisotopic (exact) mass is 170 g/mol. The van der Waals surface area contributed by atoms with Crippen molar-refractivity contribution < 1.29 is 9.90 Å². The molecule has 2 nitrogen and oxygen atoms in total. The molecule has 1 N–H and O–H groups in total. The second-order valence-corrected chi connectivity index (χ2v) is 3.78. The smallest absolute Gasteiger partial charge is 0.303 e. The molecule has 0 aliphatic heterocycles. The van der Waals surface area contributed by atoms with Crippen molar-refractivity contribution >= 4 is 17.3 Å². The molecule has 0 bridgehead atoms. The van der Waals surface area contributed by atoms with Crippen LogP contribution in [0.5, 0.6) is 0 Å². The van der Waals surface area contributed by atoms with Gasteiger partial charge in [-0.2, -0.15) is 0 Å². The molecule has 0 spiro atoms. The van der Waals surface area contributed by atoms with Crippen LogP contribution < -0.4 is 0 Å². The average molecular weight is 170 g/mol. The number of carboxylic acid groups (broad SMARTS) is 1. The molecule has 0 amide bonds. The molecule has 0 saturated heterocycles. The molecule has 0 fully saturated rings. The summed E-state index contributed by atoms with van der Waals surface area (Å²) in [7, 11) is 0. The number of hydrogen-bond acceptors (Lipinski definition) is 2. The van der Waals surface area contributed by atoms with Gasteiger partial charge in [0, 0.05) is 9.75 Å². The zero-order valence-electron chi connectivity index (χ0n) is 6.33. The Bertz CT molecular complexity index is 252. The van der Waals surface area contributed by atoms with Crippen LogP contribution in [-0.2, 0) is 11.2 Å². The van der Waals surface area contributed by atoms with Crippen LogP contribution in [0.3, 0.4) is 0 Å². The minimum Gasteiger partial charge on any atom is -0.481 e. The molecule has 1 rings (SSSR count). The van der Waals surface area contributed by atoms with Gasteiger partial charge in [-0.05, 0) is 25.5 Å². The summed E-state index contributed by atoms with van der Waals surface area (Å²) in [4.78, 5) is 12.6. The average Bonchev–Trinajstić information content (AvgIpc) is 2.31. The highest BCUT2D eigenvalue weighted by atomic mass is 32.1. The van der Waals surface area contributed by atoms with Gasteiger partial charge < -0.3 is 5.11 Å². The van der Waals surface area contributed by atoms with Crippen molar-refractivity contribution in [1.82, 2.24) is 0 Å². The molecule has 11 heavy (non-hydrogen) atoms. The Hall–Kier alpha value is -0.830. The van der Waals surface area contributed by atoms with Gasteiger partial charge in [0.15, 0.2) is 0 Å². The number of aryl methyl sites for hydroxylation is 2. The fourth-order valence-electron chi connectivity index (χ4n) is 0.850. The van der Waals surface area contributed by atoms with Crippen LogP contribution in [0, 0.1) is 6.92 Å². The van der Waals surface area contributed by atoms with Crippen molar-refractivity contribution in [3.8, 4) is 0 Å². The van der Waals surface area contributed by atoms with E-state index in [2.05, 4.69) is 0 Å². The Labute approximate surface area is 69.5 Å². The lowest BCUT2D eigenvalue weighted by molar-refractivity contribution is -0.136. The van der Waals surface area contributed by atoms with Gasteiger partial charge in [-0.15, -0.1) is 11.3 Å². The van der Waals surface area contributed by atoms with Gasteiger partial charge in [0.05, 0.1) is 6.42 Å². The van der Waals surface area contributed by atoms with E-state index in [1.807, 2.05) is 19.1 Å². The summed E-state index contributed by atoms with van der Waals surface area (Å²) in [5.41, 5.74) is 0. The maximum atomic E-state index is 10.2. The van der Waals surface area contributed by atoms with Crippen molar-refractivity contribution in [1.29, 1.82) is 0 Å². The van der Waals surface area contributed by atoms with Crippen LogP contribution in [0.25, 0.3) is 0 Å². The molecule has 1 aromatic rings. The SMILES string of the molecule is Cc1ccc(CCC(=O)O)s1. The molecule has 0 aliphatic carbocycles. The second-order valence-electron chi connectivity index (χ2n) is 2.41. The minimum atomic E-state index is -0.726. The first-order chi connectivity index (χ1) is 5.18. The molecular weight excluding hydrogens is 160 g/mol. The summed E-state index contributed by atoms with van der Waals surface area (Å²) >= 11 is 1.67. The summed E-state index contributed by atoms with van der Waals surface area (Å²) in [6.07, 6.45) is 0.897. The van der Waals surface area contributed by atoms with Crippen molar-refractivity contribution in [2.45, 2.75) is 19.8 Å². The molecule has 0 aliphatic rings. The zero-order chi connectivity index (χ0) is 8.27. The maximum Gasteiger partial charge on any atom is 0.303 e. The number of hydrogen-bond donors (Lipinski definition) is 1. The fraction of sp³-hybridized carbons (Fsp3) is 0.375. The van der Waals surface area contributed by atoms with Crippen LogP contribution >= 0.6 is 11.3 Å². The quantitative estimate of drug-likeness (QED) is 0.754. The third kappa shape index (κ3) is 2.72. The van der Waals surface area contributed by atoms with Crippen LogP contribution in [-0.4, -0.2) is 11.1 Å². The third-order valence-corrected chi connectivity index (χ3v) is 2.44. The summed E-state index contributed by atoms with van der Waals surface area (Å²) < 4.78 is 0. The van der Waals surface area contributed by atoms with Crippen LogP contribution in [0.1, 0.15) is 16.2 Å². The first-order valence-corrected chi connectivity index (χ1v) is 4.27. The Balaban J connectivity index is 2.45. The van der Waals surface area contributed by atoms with Crippen LogP contribution in [0.2, 0.25) is 0 Å². The zero-order valence-corrected chi connectivity index (χ0v) is 7.15. The molecule has 3 heteroatoms. The fourth-order valence-corrected chi connectivity index (χ4v) is 1.74. The number of aliphatic carboxylic acids is 1. The van der Waals surface area contributed by atoms with Crippen molar-refractivity contribution in [3.63, 3.8) is 0 Å². The molecule has 0 atom stereocenters. The van der Waals surface area contributed by atoms with Crippen molar-refractivity contribution in [2.75, 3.05) is 0 Å². The number of carbonyl (C=O) groups is 1. The third-order valence-electron chi connectivity index (χ3n) is 1.38. The molecule has 60 valence electrons. The van der Waals surface area contributed by atoms with E-state index in [9.17, 15) is 4.79 Å². The van der Waals surface area contributed by atoms with Crippen molar-refractivity contribution in [2.24, 2.45) is 0 Å². The van der Waals surface area contributed by atoms with Gasteiger partial charge in [0.2, 0.25) is 0 Å². The highest BCUT2D eigenvalue weighted by Crippen LogP contribution is 2.16. The summed E-state index contributed by atoms with van der Waals surface area (Å²) in [5, 5.41) is 8.39. The van der Waals surface area contributed by atoms with Crippen molar-refractivity contribution in [3.05, 3.63) is 21.9 Å². The molecule has 0 saturated carbocycles. The first-order valence-electron chi connectivity index (χ1n) is 3.45. The molecular formula is C8H10O2S. The topological polar surface area (TPSA) is 37.3 Å². The Kier molecular flexibility index (Phi) is 2.65. The minimum absolute atomic E-state index is 0.236. The van der Waals surface area contributed by atoms with Gasteiger partial charge in [-0.25, -0.2) is 0 Å². The highest BCUT2D eigenvalue weighted by molar-refractivity contribution is 7.11. The van der Waals surface area contributed by atoms with E-state index in [1.165, 1.54) is 4.88 Å². The Morgan fingerprint density at radius 1 is 1.64 bits per heavy atom. The van der Waals surface area contributed by atoms with Crippen LogP contribution in [0.15, 0.2) is 12.1 Å². The van der Waals surface area contributed by atoms with E-state index >= 15 is 0 Å². The van der Waals surface area contributed by atoms with E-state index < -0.39 is 5.97 Å². The van der Waals surface area contributed by atoms with Gasteiger partial charge in [-0.3, -0.25) is 4.79 Å². The lowest BCUT2D eigenvalue weighted by atomic mass is 10.3. The highest BCUT2D eigenvalue weighted by Gasteiger charge is 2.00. The second kappa shape index (κ2) is 3.53. The van der Waals surface area contributed by atoms with Gasteiger partial charge in [-0.1, -0.05) is 0 Å². The lowest BCUT2D eigenvalue weighted by Crippen LogP contribution is -1.95. The van der Waals surface area contributed by atoms with Gasteiger partial charge >= 0.3 is 5.97 Å². The first kappa shape index (κ1) is 8.27. The Morgan fingerprint density at radius 2 is 2.36 bits per heavy atom. The van der Waals surface area contributed by atoms with E-state index in [1.54, 1.807) is 11.3 Å². The molecule has 1 aromatic heterocycles. The summed E-state index contributed by atoms with van der Waals surface area (Å²) in [6, 6.07) is 4.00. The van der Waals surface area contributed by atoms with E-state index in [0.29, 0.717) is 6.42 Å². The lowest BCUT2D eigenvalue weighted by Gasteiger charge is -1.90. The molecule has 0 radical (unpaired) electrons. The molecule has 1 heterocycles. The predicted octanol–water partition coefficient (Wildman–Crippen LogP) is 2.07. The van der Waals surface area contributed by atoms with E-state index in [4.69, 9.17) is 5.11 Å². The normalized spacial score (nSPS) is 9.91. The summed E-state index contributed by atoms with van der Waals surface area (Å²) in [6.45, 7) is 2.02. The molecule has 0 unspecified atom stereocenters. The van der Waals surface area contributed by atoms with Gasteiger partial charge in [0.1, 0.15) is 0 Å². The van der Waals surface area contributed by atoms with E-state index in [-0.39, 0.29) is 6.42 Å². The number of carboxylic acids is 1. The predicted molar refractivity (Wildman–Crippen MR) is 45.0 cm³/mol. The van der Waals surface area contributed by atoms with E-state index in [0.717, 1.165) is 4.88 Å².